The maximum absolute atomic E-state index is 11.8. The van der Waals surface area contributed by atoms with Crippen LogP contribution in [-0.4, -0.2) is 40.2 Å². The summed E-state index contributed by atoms with van der Waals surface area (Å²) in [4.78, 5) is 22.0. The minimum atomic E-state index is 0. The summed E-state index contributed by atoms with van der Waals surface area (Å²) in [6.45, 7) is 2.01. The molecule has 1 aliphatic rings. The van der Waals surface area contributed by atoms with Crippen LogP contribution in [0.5, 0.6) is 0 Å². The number of carbonyl (C=O) groups excluding carboxylic acids is 1. The predicted octanol–water partition coefficient (Wildman–Crippen LogP) is 1.43. The molecule has 0 spiro atoms. The molecule has 8 nitrogen and oxygen atoms in total. The van der Waals surface area contributed by atoms with Gasteiger partial charge in [0.1, 0.15) is 12.2 Å². The van der Waals surface area contributed by atoms with Gasteiger partial charge < -0.3 is 15.5 Å². The third-order valence-corrected chi connectivity index (χ3v) is 4.22. The number of nitrogens with one attached hydrogen (secondary N) is 2. The number of carbonyl (C=O) groups is 1. The summed E-state index contributed by atoms with van der Waals surface area (Å²) in [5, 5.41) is 10.5. The normalized spacial score (nSPS) is 14.3. The first kappa shape index (κ1) is 20.1. The molecule has 3 rings (SSSR count). The van der Waals surface area contributed by atoms with Crippen LogP contribution in [0, 0.1) is 0 Å². The number of aryl methyl sites for hydroxylation is 1. The van der Waals surface area contributed by atoms with Gasteiger partial charge in [0, 0.05) is 39.3 Å². The number of guanidine groups is 1. The van der Waals surface area contributed by atoms with Crippen molar-refractivity contribution in [3.8, 4) is 0 Å². The fraction of sp³-hybridized carbons (Fsp3) is 0.412. The lowest BCUT2D eigenvalue weighted by Gasteiger charge is -2.16. The highest BCUT2D eigenvalue weighted by Crippen LogP contribution is 2.21. The Hall–Kier alpha value is -2.17. The second-order valence-corrected chi connectivity index (χ2v) is 5.89. The number of rotatable bonds is 5. The molecule has 1 aromatic heterocycles. The molecule has 2 aromatic rings. The molecule has 9 heteroatoms. The fourth-order valence-corrected chi connectivity index (χ4v) is 2.76. The van der Waals surface area contributed by atoms with Gasteiger partial charge in [-0.1, -0.05) is 12.1 Å². The molecule has 0 saturated carbocycles. The molecule has 2 heterocycles. The van der Waals surface area contributed by atoms with Gasteiger partial charge in [-0.15, -0.1) is 24.0 Å². The first-order valence-electron chi connectivity index (χ1n) is 8.34. The number of benzene rings is 1. The van der Waals surface area contributed by atoms with E-state index in [4.69, 9.17) is 0 Å². The molecule has 140 valence electrons. The molecular formula is C17H24IN7O. The Bertz CT molecular complexity index is 757. The number of halogens is 1. The van der Waals surface area contributed by atoms with Crippen LogP contribution in [-0.2, 0) is 24.9 Å². The molecule has 0 radical (unpaired) electrons. The Morgan fingerprint density at radius 1 is 1.23 bits per heavy atom. The predicted molar refractivity (Wildman–Crippen MR) is 111 cm³/mol. The Labute approximate surface area is 170 Å². The molecule has 2 N–H and O–H groups in total. The number of anilines is 1. The van der Waals surface area contributed by atoms with Crippen molar-refractivity contribution < 1.29 is 4.79 Å². The van der Waals surface area contributed by atoms with Gasteiger partial charge in [0.25, 0.3) is 0 Å². The van der Waals surface area contributed by atoms with Gasteiger partial charge in [-0.3, -0.25) is 14.5 Å². The van der Waals surface area contributed by atoms with Gasteiger partial charge in [-0.2, -0.15) is 5.10 Å². The molecule has 1 aromatic carbocycles. The molecular weight excluding hydrogens is 445 g/mol. The van der Waals surface area contributed by atoms with E-state index in [1.807, 2.05) is 36.2 Å². The van der Waals surface area contributed by atoms with Crippen LogP contribution in [0.1, 0.15) is 24.2 Å². The Morgan fingerprint density at radius 2 is 1.96 bits per heavy atom. The Morgan fingerprint density at radius 3 is 2.54 bits per heavy atom. The summed E-state index contributed by atoms with van der Waals surface area (Å²) in [7, 11) is 3.58. The van der Waals surface area contributed by atoms with Gasteiger partial charge in [0.05, 0.1) is 6.54 Å². The highest BCUT2D eigenvalue weighted by molar-refractivity contribution is 14.0. The van der Waals surface area contributed by atoms with E-state index in [1.54, 1.807) is 11.7 Å². The van der Waals surface area contributed by atoms with E-state index in [2.05, 4.69) is 25.7 Å². The molecule has 0 aliphatic carbocycles. The molecule has 1 fully saturated rings. The van der Waals surface area contributed by atoms with Crippen LogP contribution in [0.25, 0.3) is 0 Å². The zero-order chi connectivity index (χ0) is 17.6. The van der Waals surface area contributed by atoms with Crippen molar-refractivity contribution >= 4 is 41.5 Å². The van der Waals surface area contributed by atoms with Crippen molar-refractivity contribution in [3.05, 3.63) is 42.0 Å². The summed E-state index contributed by atoms with van der Waals surface area (Å²) >= 11 is 0. The third-order valence-electron chi connectivity index (χ3n) is 4.22. The lowest BCUT2D eigenvalue weighted by Crippen LogP contribution is -2.36. The second-order valence-electron chi connectivity index (χ2n) is 5.89. The van der Waals surface area contributed by atoms with Crippen molar-refractivity contribution in [2.75, 3.05) is 18.5 Å². The Balaban J connectivity index is 0.00000243. The smallest absolute Gasteiger partial charge is 0.227 e. The first-order valence-corrected chi connectivity index (χ1v) is 8.34. The summed E-state index contributed by atoms with van der Waals surface area (Å²) in [6.07, 6.45) is 3.12. The lowest BCUT2D eigenvalue weighted by molar-refractivity contribution is -0.117. The zero-order valence-corrected chi connectivity index (χ0v) is 17.3. The minimum absolute atomic E-state index is 0. The number of nitrogens with zero attached hydrogens (tertiary/aromatic N) is 5. The van der Waals surface area contributed by atoms with E-state index in [9.17, 15) is 4.79 Å². The molecule has 1 saturated heterocycles. The van der Waals surface area contributed by atoms with Crippen LogP contribution < -0.4 is 15.5 Å². The van der Waals surface area contributed by atoms with Gasteiger partial charge >= 0.3 is 0 Å². The second kappa shape index (κ2) is 9.51. The summed E-state index contributed by atoms with van der Waals surface area (Å²) in [5.74, 6) is 1.74. The Kier molecular flexibility index (Phi) is 7.37. The zero-order valence-electron chi connectivity index (χ0n) is 15.0. The fourth-order valence-electron chi connectivity index (χ4n) is 2.76. The monoisotopic (exact) mass is 469 g/mol. The lowest BCUT2D eigenvalue weighted by atomic mass is 10.2. The highest BCUT2D eigenvalue weighted by atomic mass is 127. The van der Waals surface area contributed by atoms with E-state index >= 15 is 0 Å². The maximum Gasteiger partial charge on any atom is 0.227 e. The molecule has 26 heavy (non-hydrogen) atoms. The summed E-state index contributed by atoms with van der Waals surface area (Å²) < 4.78 is 1.72. The van der Waals surface area contributed by atoms with Crippen molar-refractivity contribution in [2.45, 2.75) is 25.9 Å². The van der Waals surface area contributed by atoms with Gasteiger partial charge in [0.15, 0.2) is 5.96 Å². The summed E-state index contributed by atoms with van der Waals surface area (Å²) in [6, 6.07) is 8.06. The van der Waals surface area contributed by atoms with Crippen LogP contribution in [0.15, 0.2) is 35.6 Å². The van der Waals surface area contributed by atoms with Gasteiger partial charge in [-0.25, -0.2) is 4.98 Å². The standard InChI is InChI=1S/C17H23N7O.HI/c1-18-17(20-11-15-21-12-22-23(15)2)19-10-13-5-7-14(8-6-13)24-9-3-4-16(24)25;/h5-8,12H,3-4,9-11H2,1-2H3,(H2,18,19,20);1H. The van der Waals surface area contributed by atoms with Crippen molar-refractivity contribution in [3.63, 3.8) is 0 Å². The van der Waals surface area contributed by atoms with E-state index in [0.29, 0.717) is 25.5 Å². The van der Waals surface area contributed by atoms with Crippen LogP contribution in [0.2, 0.25) is 0 Å². The number of hydrogen-bond acceptors (Lipinski definition) is 4. The minimum Gasteiger partial charge on any atom is -0.352 e. The number of aliphatic imine (C=N–C) groups is 1. The molecule has 0 unspecified atom stereocenters. The van der Waals surface area contributed by atoms with Crippen molar-refractivity contribution in [1.82, 2.24) is 25.4 Å². The average Bonchev–Trinajstić information content (AvgIpc) is 3.24. The molecule has 1 amide bonds. The van der Waals surface area contributed by atoms with Gasteiger partial charge in [0.2, 0.25) is 5.91 Å². The van der Waals surface area contributed by atoms with Crippen LogP contribution >= 0.6 is 24.0 Å². The SMILES string of the molecule is CN=C(NCc1ccc(N2CCCC2=O)cc1)NCc1ncnn1C.I. The molecule has 0 bridgehead atoms. The highest BCUT2D eigenvalue weighted by Gasteiger charge is 2.21. The number of amides is 1. The van der Waals surface area contributed by atoms with Crippen LogP contribution in [0.3, 0.4) is 0 Å². The molecule has 0 atom stereocenters. The van der Waals surface area contributed by atoms with Gasteiger partial charge in [-0.05, 0) is 24.1 Å². The van der Waals surface area contributed by atoms with E-state index in [1.165, 1.54) is 6.33 Å². The number of hydrogen-bond donors (Lipinski definition) is 2. The third kappa shape index (κ3) is 4.93. The summed E-state index contributed by atoms with van der Waals surface area (Å²) in [5.41, 5.74) is 2.09. The van der Waals surface area contributed by atoms with Crippen molar-refractivity contribution in [1.29, 1.82) is 0 Å². The number of aromatic nitrogens is 3. The van der Waals surface area contributed by atoms with E-state index in [-0.39, 0.29) is 29.9 Å². The van der Waals surface area contributed by atoms with Crippen molar-refractivity contribution in [2.24, 2.45) is 12.0 Å². The molecule has 1 aliphatic heterocycles. The largest absolute Gasteiger partial charge is 0.352 e. The maximum atomic E-state index is 11.8. The average molecular weight is 469 g/mol. The first-order chi connectivity index (χ1) is 12.2. The van der Waals surface area contributed by atoms with E-state index < -0.39 is 0 Å². The quantitative estimate of drug-likeness (QED) is 0.393. The van der Waals surface area contributed by atoms with E-state index in [0.717, 1.165) is 30.0 Å². The van der Waals surface area contributed by atoms with Crippen LogP contribution in [0.4, 0.5) is 5.69 Å². The topological polar surface area (TPSA) is 87.4 Å².